The summed E-state index contributed by atoms with van der Waals surface area (Å²) in [5.41, 5.74) is 0.696. The molecule has 1 aromatic carbocycles. The first-order valence-electron chi connectivity index (χ1n) is 7.42. The number of hydrogen-bond donors (Lipinski definition) is 1. The van der Waals surface area contributed by atoms with E-state index in [9.17, 15) is 9.59 Å². The Morgan fingerprint density at radius 2 is 2.17 bits per heavy atom. The fourth-order valence-corrected chi connectivity index (χ4v) is 2.70. The summed E-state index contributed by atoms with van der Waals surface area (Å²) < 4.78 is 10.5. The topological polar surface area (TPSA) is 71.8 Å². The fraction of sp³-hybridized carbons (Fsp3) is 0.294. The third kappa shape index (κ3) is 3.21. The van der Waals surface area contributed by atoms with E-state index in [0.717, 1.165) is 0 Å². The van der Waals surface area contributed by atoms with Crippen LogP contribution >= 0.6 is 0 Å². The maximum absolute atomic E-state index is 12.3. The molecule has 3 rings (SSSR count). The van der Waals surface area contributed by atoms with E-state index in [0.29, 0.717) is 30.3 Å². The number of para-hydroxylation sites is 2. The lowest BCUT2D eigenvalue weighted by Gasteiger charge is -2.19. The molecule has 6 heteroatoms. The van der Waals surface area contributed by atoms with Gasteiger partial charge in [0.05, 0.1) is 31.5 Å². The Kier molecular flexibility index (Phi) is 4.32. The van der Waals surface area contributed by atoms with Crippen LogP contribution in [0.25, 0.3) is 0 Å². The van der Waals surface area contributed by atoms with Gasteiger partial charge in [-0.3, -0.25) is 9.59 Å². The number of benzene rings is 1. The van der Waals surface area contributed by atoms with Gasteiger partial charge in [-0.25, -0.2) is 0 Å². The summed E-state index contributed by atoms with van der Waals surface area (Å²) in [6, 6.07) is 10.9. The van der Waals surface area contributed by atoms with Gasteiger partial charge in [-0.15, -0.1) is 0 Å². The van der Waals surface area contributed by atoms with Crippen molar-refractivity contribution in [2.75, 3.05) is 18.6 Å². The summed E-state index contributed by atoms with van der Waals surface area (Å²) in [6.07, 6.45) is 1.76. The quantitative estimate of drug-likeness (QED) is 0.916. The van der Waals surface area contributed by atoms with Crippen LogP contribution in [-0.2, 0) is 16.1 Å². The summed E-state index contributed by atoms with van der Waals surface area (Å²) >= 11 is 0. The van der Waals surface area contributed by atoms with Crippen LogP contribution in [-0.4, -0.2) is 25.5 Å². The summed E-state index contributed by atoms with van der Waals surface area (Å²) in [6.45, 7) is 0.675. The maximum atomic E-state index is 12.3. The van der Waals surface area contributed by atoms with E-state index in [1.165, 1.54) is 0 Å². The average Bonchev–Trinajstić information content (AvgIpc) is 3.22. The summed E-state index contributed by atoms with van der Waals surface area (Å²) in [4.78, 5) is 26.1. The number of nitrogens with one attached hydrogen (secondary N) is 1. The largest absolute Gasteiger partial charge is 0.495 e. The lowest BCUT2D eigenvalue weighted by molar-refractivity contribution is -0.126. The Hall–Kier alpha value is -2.76. The Bertz CT molecular complexity index is 696. The standard InChI is InChI=1S/C17H18N2O4/c1-22-15-7-3-2-6-14(15)19-11-12(9-16(19)20)17(21)18-10-13-5-4-8-23-13/h2-8,12H,9-11H2,1H3,(H,18,21)/t12-/m0/s1. The van der Waals surface area contributed by atoms with Crippen molar-refractivity contribution in [1.82, 2.24) is 5.32 Å². The molecular formula is C17H18N2O4. The van der Waals surface area contributed by atoms with Crippen molar-refractivity contribution >= 4 is 17.5 Å². The Morgan fingerprint density at radius 1 is 1.35 bits per heavy atom. The van der Waals surface area contributed by atoms with Crippen molar-refractivity contribution in [3.05, 3.63) is 48.4 Å². The molecule has 1 aliphatic rings. The van der Waals surface area contributed by atoms with E-state index in [-0.39, 0.29) is 24.2 Å². The van der Waals surface area contributed by atoms with Gasteiger partial charge in [0.1, 0.15) is 11.5 Å². The molecule has 0 aliphatic carbocycles. The lowest BCUT2D eigenvalue weighted by Crippen LogP contribution is -2.32. The van der Waals surface area contributed by atoms with Crippen molar-refractivity contribution in [3.8, 4) is 5.75 Å². The summed E-state index contributed by atoms with van der Waals surface area (Å²) in [7, 11) is 1.56. The van der Waals surface area contributed by atoms with Crippen molar-refractivity contribution in [3.63, 3.8) is 0 Å². The van der Waals surface area contributed by atoms with Gasteiger partial charge in [0.15, 0.2) is 0 Å². The maximum Gasteiger partial charge on any atom is 0.227 e. The molecular weight excluding hydrogens is 296 g/mol. The molecule has 23 heavy (non-hydrogen) atoms. The number of hydrogen-bond acceptors (Lipinski definition) is 4. The minimum Gasteiger partial charge on any atom is -0.495 e. The molecule has 1 atom stereocenters. The molecule has 1 N–H and O–H groups in total. The highest BCUT2D eigenvalue weighted by atomic mass is 16.5. The number of rotatable bonds is 5. The van der Waals surface area contributed by atoms with Crippen LogP contribution in [0.5, 0.6) is 5.75 Å². The first-order valence-corrected chi connectivity index (χ1v) is 7.42. The predicted octanol–water partition coefficient (Wildman–Crippen LogP) is 1.96. The van der Waals surface area contributed by atoms with Gasteiger partial charge in [0.2, 0.25) is 11.8 Å². The number of anilines is 1. The van der Waals surface area contributed by atoms with Crippen LogP contribution < -0.4 is 15.0 Å². The van der Waals surface area contributed by atoms with Gasteiger partial charge in [0, 0.05) is 13.0 Å². The number of nitrogens with zero attached hydrogens (tertiary/aromatic N) is 1. The van der Waals surface area contributed by atoms with Gasteiger partial charge < -0.3 is 19.4 Å². The first kappa shape index (κ1) is 15.1. The number of methoxy groups -OCH3 is 1. The van der Waals surface area contributed by atoms with Crippen LogP contribution in [0.3, 0.4) is 0 Å². The molecule has 6 nitrogen and oxygen atoms in total. The van der Waals surface area contributed by atoms with Crippen molar-refractivity contribution in [2.24, 2.45) is 5.92 Å². The molecule has 1 saturated heterocycles. The molecule has 0 radical (unpaired) electrons. The molecule has 1 fully saturated rings. The van der Waals surface area contributed by atoms with Gasteiger partial charge in [0.25, 0.3) is 0 Å². The average molecular weight is 314 g/mol. The number of ether oxygens (including phenoxy) is 1. The van der Waals surface area contributed by atoms with Gasteiger partial charge in [-0.1, -0.05) is 12.1 Å². The minimum absolute atomic E-state index is 0.0763. The van der Waals surface area contributed by atoms with E-state index >= 15 is 0 Å². The van der Waals surface area contributed by atoms with Crippen molar-refractivity contribution in [2.45, 2.75) is 13.0 Å². The molecule has 2 heterocycles. The van der Waals surface area contributed by atoms with Gasteiger partial charge in [-0.05, 0) is 24.3 Å². The molecule has 0 bridgehead atoms. The van der Waals surface area contributed by atoms with Crippen molar-refractivity contribution < 1.29 is 18.7 Å². The number of furan rings is 1. The molecule has 0 saturated carbocycles. The van der Waals surface area contributed by atoms with Gasteiger partial charge >= 0.3 is 0 Å². The normalized spacial score (nSPS) is 17.3. The minimum atomic E-state index is -0.373. The van der Waals surface area contributed by atoms with E-state index in [2.05, 4.69) is 5.32 Å². The van der Waals surface area contributed by atoms with E-state index in [1.807, 2.05) is 18.2 Å². The second-order valence-corrected chi connectivity index (χ2v) is 5.37. The smallest absolute Gasteiger partial charge is 0.227 e. The highest BCUT2D eigenvalue weighted by molar-refractivity contribution is 6.01. The van der Waals surface area contributed by atoms with Gasteiger partial charge in [-0.2, -0.15) is 0 Å². The third-order valence-electron chi connectivity index (χ3n) is 3.89. The molecule has 0 spiro atoms. The summed E-state index contributed by atoms with van der Waals surface area (Å²) in [5, 5.41) is 2.81. The zero-order valence-electron chi connectivity index (χ0n) is 12.8. The van der Waals surface area contributed by atoms with Crippen LogP contribution in [0.1, 0.15) is 12.2 Å². The van der Waals surface area contributed by atoms with E-state index < -0.39 is 0 Å². The predicted molar refractivity (Wildman–Crippen MR) is 84.0 cm³/mol. The fourth-order valence-electron chi connectivity index (χ4n) is 2.70. The number of carbonyl (C=O) groups excluding carboxylic acids is 2. The second-order valence-electron chi connectivity index (χ2n) is 5.37. The highest BCUT2D eigenvalue weighted by Gasteiger charge is 2.36. The molecule has 0 unspecified atom stereocenters. The number of carbonyl (C=O) groups is 2. The monoisotopic (exact) mass is 314 g/mol. The van der Waals surface area contributed by atoms with Crippen LogP contribution in [0.2, 0.25) is 0 Å². The zero-order valence-corrected chi connectivity index (χ0v) is 12.8. The lowest BCUT2D eigenvalue weighted by atomic mass is 10.1. The van der Waals surface area contributed by atoms with Crippen LogP contribution in [0.4, 0.5) is 5.69 Å². The van der Waals surface area contributed by atoms with Crippen LogP contribution in [0.15, 0.2) is 47.1 Å². The van der Waals surface area contributed by atoms with Crippen molar-refractivity contribution in [1.29, 1.82) is 0 Å². The third-order valence-corrected chi connectivity index (χ3v) is 3.89. The van der Waals surface area contributed by atoms with Crippen LogP contribution in [0, 0.1) is 5.92 Å². The number of amides is 2. The Labute approximate surface area is 134 Å². The zero-order chi connectivity index (χ0) is 16.2. The first-order chi connectivity index (χ1) is 11.2. The SMILES string of the molecule is COc1ccccc1N1C[C@@H](C(=O)NCc2ccco2)CC1=O. The van der Waals surface area contributed by atoms with E-state index in [4.69, 9.17) is 9.15 Å². The summed E-state index contributed by atoms with van der Waals surface area (Å²) in [5.74, 6) is 0.712. The molecule has 120 valence electrons. The molecule has 2 aromatic rings. The molecule has 1 aromatic heterocycles. The second kappa shape index (κ2) is 6.56. The highest BCUT2D eigenvalue weighted by Crippen LogP contribution is 2.32. The van der Waals surface area contributed by atoms with E-state index in [1.54, 1.807) is 36.5 Å². The Balaban J connectivity index is 1.66. The Morgan fingerprint density at radius 3 is 2.91 bits per heavy atom. The molecule has 1 aliphatic heterocycles. The molecule has 2 amide bonds.